The van der Waals surface area contributed by atoms with Crippen LogP contribution in [0, 0.1) is 0 Å². The van der Waals surface area contributed by atoms with Crippen LogP contribution in [0.5, 0.6) is 0 Å². The van der Waals surface area contributed by atoms with Crippen molar-refractivity contribution in [2.45, 2.75) is 6.92 Å². The largest absolute Gasteiger partial charge is 0.335 e. The second-order valence-electron chi connectivity index (χ2n) is 6.41. The van der Waals surface area contributed by atoms with Crippen molar-refractivity contribution >= 4 is 29.5 Å². The summed E-state index contributed by atoms with van der Waals surface area (Å²) in [6.45, 7) is 1.06. The molecule has 1 rings (SSSR count). The van der Waals surface area contributed by atoms with E-state index in [1.807, 2.05) is 0 Å². The Morgan fingerprint density at radius 2 is 0.808 bits per heavy atom. The summed E-state index contributed by atoms with van der Waals surface area (Å²) in [5, 5.41) is 0. The Hall–Kier alpha value is -2.65. The van der Waals surface area contributed by atoms with Gasteiger partial charge in [-0.3, -0.25) is 24.0 Å². The van der Waals surface area contributed by atoms with E-state index in [9.17, 15) is 24.0 Å². The van der Waals surface area contributed by atoms with Crippen LogP contribution in [0.3, 0.4) is 0 Å². The van der Waals surface area contributed by atoms with Gasteiger partial charge in [0, 0.05) is 34.7 Å². The van der Waals surface area contributed by atoms with Gasteiger partial charge in [-0.2, -0.15) is 0 Å². The number of amides is 5. The summed E-state index contributed by atoms with van der Waals surface area (Å²) < 4.78 is 0. The fourth-order valence-electron chi connectivity index (χ4n) is 2.29. The highest BCUT2D eigenvalue weighted by molar-refractivity contribution is 5.93. The Labute approximate surface area is 153 Å². The molecule has 0 N–H and O–H groups in total. The first-order chi connectivity index (χ1) is 12.1. The molecule has 1 saturated heterocycles. The first-order valence-corrected chi connectivity index (χ1v) is 8.30. The smallest absolute Gasteiger partial charge is 0.242 e. The van der Waals surface area contributed by atoms with Crippen LogP contribution in [0.4, 0.5) is 0 Å². The van der Waals surface area contributed by atoms with Crippen molar-refractivity contribution in [1.29, 1.82) is 0 Å². The molecule has 0 radical (unpaired) electrons. The molecule has 146 valence electrons. The Kier molecular flexibility index (Phi) is 7.54. The Morgan fingerprint density at radius 3 is 1.12 bits per heavy atom. The van der Waals surface area contributed by atoms with E-state index in [4.69, 9.17) is 0 Å². The number of hydrogen-bond donors (Lipinski definition) is 0. The highest BCUT2D eigenvalue weighted by Crippen LogP contribution is 2.00. The number of nitrogens with zero attached hydrogens (tertiary/aromatic N) is 5. The molecule has 5 amide bonds. The second kappa shape index (κ2) is 9.16. The molecule has 0 saturated carbocycles. The van der Waals surface area contributed by atoms with E-state index in [0.29, 0.717) is 6.54 Å². The maximum atomic E-state index is 12.4. The lowest BCUT2D eigenvalue weighted by Crippen LogP contribution is -2.47. The van der Waals surface area contributed by atoms with E-state index in [-0.39, 0.29) is 38.6 Å². The number of carbonyl (C=O) groups excluding carboxylic acids is 5. The molecule has 0 spiro atoms. The molecule has 1 heterocycles. The van der Waals surface area contributed by atoms with Gasteiger partial charge in [0.15, 0.2) is 0 Å². The lowest BCUT2D eigenvalue weighted by molar-refractivity contribution is -0.144. The maximum absolute atomic E-state index is 12.4. The molecule has 0 atom stereocenters. The van der Waals surface area contributed by atoms with Crippen LogP contribution in [0.15, 0.2) is 0 Å². The fourth-order valence-corrected chi connectivity index (χ4v) is 2.29. The van der Waals surface area contributed by atoms with Crippen molar-refractivity contribution in [2.75, 3.05) is 67.5 Å². The van der Waals surface area contributed by atoms with Crippen molar-refractivity contribution in [2.24, 2.45) is 0 Å². The van der Waals surface area contributed by atoms with Crippen molar-refractivity contribution in [1.82, 2.24) is 24.5 Å². The average molecular weight is 369 g/mol. The molecular weight excluding hydrogens is 342 g/mol. The third-order valence-corrected chi connectivity index (χ3v) is 4.25. The van der Waals surface area contributed by atoms with Gasteiger partial charge in [-0.1, -0.05) is 0 Å². The minimum Gasteiger partial charge on any atom is -0.335 e. The molecule has 0 aromatic heterocycles. The van der Waals surface area contributed by atoms with Gasteiger partial charge in [-0.25, -0.2) is 0 Å². The van der Waals surface area contributed by atoms with Crippen molar-refractivity contribution in [3.63, 3.8) is 0 Å². The van der Waals surface area contributed by atoms with Crippen molar-refractivity contribution < 1.29 is 24.0 Å². The lowest BCUT2D eigenvalue weighted by atomic mass is 10.3. The summed E-state index contributed by atoms with van der Waals surface area (Å²) in [6.07, 6.45) is 0. The van der Waals surface area contributed by atoms with Crippen LogP contribution in [0.2, 0.25) is 0 Å². The first-order valence-electron chi connectivity index (χ1n) is 8.30. The van der Waals surface area contributed by atoms with Gasteiger partial charge in [0.1, 0.15) is 0 Å². The Bertz CT molecular complexity index is 594. The average Bonchev–Trinajstić information content (AvgIpc) is 2.57. The lowest BCUT2D eigenvalue weighted by Gasteiger charge is -2.26. The standard InChI is InChI=1S/C16H27N5O5/c1-6-21-11-15(25)19(4)9-13(23)17(2)7-12(22)18(3)8-14(24)20(5)10-16(21)26/h6-11H2,1-5H3. The van der Waals surface area contributed by atoms with Crippen LogP contribution in [-0.2, 0) is 24.0 Å². The van der Waals surface area contributed by atoms with Gasteiger partial charge in [0.2, 0.25) is 29.5 Å². The Morgan fingerprint density at radius 1 is 0.538 bits per heavy atom. The molecule has 26 heavy (non-hydrogen) atoms. The van der Waals surface area contributed by atoms with E-state index >= 15 is 0 Å². The van der Waals surface area contributed by atoms with Gasteiger partial charge in [-0.05, 0) is 6.92 Å². The van der Waals surface area contributed by atoms with Gasteiger partial charge in [0.25, 0.3) is 0 Å². The first kappa shape index (κ1) is 21.4. The predicted molar refractivity (Wildman–Crippen MR) is 92.8 cm³/mol. The molecule has 0 aromatic carbocycles. The van der Waals surface area contributed by atoms with Crippen LogP contribution < -0.4 is 0 Å². The minimum atomic E-state index is -0.409. The molecule has 1 aliphatic heterocycles. The van der Waals surface area contributed by atoms with E-state index < -0.39 is 23.6 Å². The summed E-state index contributed by atoms with van der Waals surface area (Å²) in [5.74, 6) is -1.99. The molecule has 0 bridgehead atoms. The number of likely N-dealkylation sites (N-methyl/N-ethyl adjacent to an activating group) is 5. The molecular formula is C16H27N5O5. The summed E-state index contributed by atoms with van der Waals surface area (Å²) in [7, 11) is 5.85. The molecule has 0 unspecified atom stereocenters. The Balaban J connectivity index is 3.06. The summed E-state index contributed by atoms with van der Waals surface area (Å²) in [5.41, 5.74) is 0. The topological polar surface area (TPSA) is 102 Å². The molecule has 1 aliphatic rings. The molecule has 10 nitrogen and oxygen atoms in total. The maximum Gasteiger partial charge on any atom is 0.242 e. The van der Waals surface area contributed by atoms with Gasteiger partial charge >= 0.3 is 0 Å². The van der Waals surface area contributed by atoms with E-state index in [2.05, 4.69) is 0 Å². The third kappa shape index (κ3) is 5.71. The van der Waals surface area contributed by atoms with Crippen LogP contribution >= 0.6 is 0 Å². The second-order valence-corrected chi connectivity index (χ2v) is 6.41. The number of hydrogen-bond acceptors (Lipinski definition) is 5. The molecule has 10 heteroatoms. The SMILES string of the molecule is CCN1CC(=O)N(C)CC(=O)N(C)CC(=O)N(C)CC(=O)N(C)CC1=O. The van der Waals surface area contributed by atoms with E-state index in [1.54, 1.807) is 6.92 Å². The molecule has 0 aromatic rings. The van der Waals surface area contributed by atoms with Crippen LogP contribution in [-0.4, -0.2) is 121 Å². The quantitative estimate of drug-likeness (QED) is 0.517. The van der Waals surface area contributed by atoms with Gasteiger partial charge < -0.3 is 24.5 Å². The van der Waals surface area contributed by atoms with E-state index in [1.165, 1.54) is 52.7 Å². The molecule has 1 fully saturated rings. The summed E-state index contributed by atoms with van der Waals surface area (Å²) in [4.78, 5) is 67.4. The van der Waals surface area contributed by atoms with Gasteiger partial charge in [0.05, 0.1) is 32.7 Å². The van der Waals surface area contributed by atoms with Crippen molar-refractivity contribution in [3.05, 3.63) is 0 Å². The summed E-state index contributed by atoms with van der Waals surface area (Å²) in [6, 6.07) is 0. The summed E-state index contributed by atoms with van der Waals surface area (Å²) >= 11 is 0. The predicted octanol–water partition coefficient (Wildman–Crippen LogP) is -2.32. The van der Waals surface area contributed by atoms with E-state index in [0.717, 1.165) is 0 Å². The highest BCUT2D eigenvalue weighted by atomic mass is 16.2. The fraction of sp³-hybridized carbons (Fsp3) is 0.688. The van der Waals surface area contributed by atoms with Crippen LogP contribution in [0.1, 0.15) is 6.92 Å². The highest BCUT2D eigenvalue weighted by Gasteiger charge is 2.25. The van der Waals surface area contributed by atoms with Crippen molar-refractivity contribution in [3.8, 4) is 0 Å². The molecule has 0 aliphatic carbocycles. The minimum absolute atomic E-state index is 0.177. The monoisotopic (exact) mass is 369 g/mol. The van der Waals surface area contributed by atoms with Crippen LogP contribution in [0.25, 0.3) is 0 Å². The van der Waals surface area contributed by atoms with Gasteiger partial charge in [-0.15, -0.1) is 0 Å². The zero-order valence-electron chi connectivity index (χ0n) is 16.0. The zero-order chi connectivity index (χ0) is 20.0. The number of carbonyl (C=O) groups is 5. The third-order valence-electron chi connectivity index (χ3n) is 4.25. The zero-order valence-corrected chi connectivity index (χ0v) is 16.0. The normalized spacial score (nSPS) is 19.9. The number of rotatable bonds is 1.